The average Bonchev–Trinajstić information content (AvgIpc) is 3.00. The highest BCUT2D eigenvalue weighted by molar-refractivity contribution is 5.62. The predicted molar refractivity (Wildman–Crippen MR) is 85.9 cm³/mol. The van der Waals surface area contributed by atoms with E-state index in [9.17, 15) is 4.39 Å². The molecule has 0 radical (unpaired) electrons. The summed E-state index contributed by atoms with van der Waals surface area (Å²) in [6, 6.07) is 10.1. The molecule has 0 N–H and O–H groups in total. The molecule has 5 heteroatoms. The smallest absolute Gasteiger partial charge is 0.232 e. The third-order valence-corrected chi connectivity index (χ3v) is 4.32. The van der Waals surface area contributed by atoms with Crippen LogP contribution in [0.4, 0.5) is 4.39 Å². The molecule has 118 valence electrons. The van der Waals surface area contributed by atoms with Gasteiger partial charge in [0, 0.05) is 11.6 Å². The van der Waals surface area contributed by atoms with Gasteiger partial charge in [-0.1, -0.05) is 6.42 Å². The van der Waals surface area contributed by atoms with E-state index in [4.69, 9.17) is 4.74 Å². The fourth-order valence-corrected chi connectivity index (χ4v) is 3.09. The van der Waals surface area contributed by atoms with Gasteiger partial charge in [0.15, 0.2) is 5.65 Å². The van der Waals surface area contributed by atoms with Crippen LogP contribution in [0, 0.1) is 5.82 Å². The lowest BCUT2D eigenvalue weighted by molar-refractivity contribution is 0.147. The number of aromatic nitrogens is 3. The largest absolute Gasteiger partial charge is 0.473 e. The zero-order chi connectivity index (χ0) is 15.6. The van der Waals surface area contributed by atoms with Crippen LogP contribution in [0.1, 0.15) is 32.1 Å². The molecule has 2 aromatic heterocycles. The van der Waals surface area contributed by atoms with Gasteiger partial charge in [-0.15, -0.1) is 5.10 Å². The molecule has 1 aliphatic carbocycles. The number of rotatable bonds is 3. The van der Waals surface area contributed by atoms with E-state index in [0.29, 0.717) is 5.88 Å². The predicted octanol–water partition coefficient (Wildman–Crippen LogP) is 4.25. The molecule has 23 heavy (non-hydrogen) atoms. The molecule has 0 bridgehead atoms. The van der Waals surface area contributed by atoms with Crippen LogP contribution in [0.2, 0.25) is 0 Å². The number of imidazole rings is 1. The monoisotopic (exact) mass is 311 g/mol. The summed E-state index contributed by atoms with van der Waals surface area (Å²) in [6.07, 6.45) is 7.93. The molecule has 4 nitrogen and oxygen atoms in total. The van der Waals surface area contributed by atoms with Crippen molar-refractivity contribution in [1.82, 2.24) is 14.6 Å². The van der Waals surface area contributed by atoms with Crippen LogP contribution in [0.15, 0.2) is 42.6 Å². The topological polar surface area (TPSA) is 39.4 Å². The standard InChI is InChI=1S/C18H18FN3O/c19-14-8-6-13(7-9-14)16-12-20-17-10-11-18(21-22(16)17)23-15-4-2-1-3-5-15/h6-12,15H,1-5H2. The summed E-state index contributed by atoms with van der Waals surface area (Å²) in [5.74, 6) is 0.364. The van der Waals surface area contributed by atoms with Gasteiger partial charge in [-0.25, -0.2) is 13.9 Å². The van der Waals surface area contributed by atoms with Gasteiger partial charge in [0.2, 0.25) is 5.88 Å². The van der Waals surface area contributed by atoms with Crippen LogP contribution < -0.4 is 4.74 Å². The molecule has 1 fully saturated rings. The van der Waals surface area contributed by atoms with Crippen LogP contribution in [0.25, 0.3) is 16.9 Å². The summed E-state index contributed by atoms with van der Waals surface area (Å²) in [5, 5.41) is 4.57. The maximum Gasteiger partial charge on any atom is 0.232 e. The normalized spacial score (nSPS) is 15.9. The van der Waals surface area contributed by atoms with E-state index in [0.717, 1.165) is 29.7 Å². The van der Waals surface area contributed by atoms with Crippen LogP contribution >= 0.6 is 0 Å². The molecule has 0 spiro atoms. The summed E-state index contributed by atoms with van der Waals surface area (Å²) in [7, 11) is 0. The van der Waals surface area contributed by atoms with E-state index >= 15 is 0 Å². The third kappa shape index (κ3) is 2.91. The van der Waals surface area contributed by atoms with Gasteiger partial charge in [0.25, 0.3) is 0 Å². The minimum atomic E-state index is -0.253. The summed E-state index contributed by atoms with van der Waals surface area (Å²) >= 11 is 0. The van der Waals surface area contributed by atoms with Gasteiger partial charge in [0.1, 0.15) is 11.9 Å². The van der Waals surface area contributed by atoms with E-state index in [1.54, 1.807) is 22.8 Å². The zero-order valence-corrected chi connectivity index (χ0v) is 12.8. The second kappa shape index (κ2) is 5.99. The Hall–Kier alpha value is -2.43. The number of hydrogen-bond acceptors (Lipinski definition) is 3. The van der Waals surface area contributed by atoms with E-state index in [1.807, 2.05) is 12.1 Å². The van der Waals surface area contributed by atoms with Crippen molar-refractivity contribution in [2.24, 2.45) is 0 Å². The Morgan fingerprint density at radius 3 is 2.57 bits per heavy atom. The number of halogens is 1. The Kier molecular flexibility index (Phi) is 3.69. The van der Waals surface area contributed by atoms with Gasteiger partial charge in [0.05, 0.1) is 11.9 Å². The Labute approximate surface area is 133 Å². The van der Waals surface area contributed by atoms with Gasteiger partial charge < -0.3 is 4.74 Å². The molecular formula is C18H18FN3O. The molecule has 0 aliphatic heterocycles. The van der Waals surface area contributed by atoms with Crippen LogP contribution in [0.3, 0.4) is 0 Å². The fraction of sp³-hybridized carbons (Fsp3) is 0.333. The number of ether oxygens (including phenoxy) is 1. The van der Waals surface area contributed by atoms with Crippen LogP contribution in [-0.4, -0.2) is 20.7 Å². The second-order valence-corrected chi connectivity index (χ2v) is 5.97. The maximum atomic E-state index is 13.1. The van der Waals surface area contributed by atoms with Crippen molar-refractivity contribution >= 4 is 5.65 Å². The van der Waals surface area contributed by atoms with Crippen molar-refractivity contribution < 1.29 is 9.13 Å². The lowest BCUT2D eigenvalue weighted by Gasteiger charge is -2.22. The summed E-state index contributed by atoms with van der Waals surface area (Å²) in [6.45, 7) is 0. The molecular weight excluding hydrogens is 293 g/mol. The van der Waals surface area contributed by atoms with E-state index < -0.39 is 0 Å². The van der Waals surface area contributed by atoms with Crippen molar-refractivity contribution in [1.29, 1.82) is 0 Å². The van der Waals surface area contributed by atoms with Crippen molar-refractivity contribution in [2.45, 2.75) is 38.2 Å². The van der Waals surface area contributed by atoms with E-state index in [-0.39, 0.29) is 11.9 Å². The first-order valence-electron chi connectivity index (χ1n) is 8.07. The van der Waals surface area contributed by atoms with Gasteiger partial charge >= 0.3 is 0 Å². The molecule has 0 unspecified atom stereocenters. The minimum absolute atomic E-state index is 0.253. The van der Waals surface area contributed by atoms with Gasteiger partial charge in [-0.05, 0) is 56.0 Å². The maximum absolute atomic E-state index is 13.1. The lowest BCUT2D eigenvalue weighted by Crippen LogP contribution is -2.20. The number of fused-ring (bicyclic) bond motifs is 1. The number of hydrogen-bond donors (Lipinski definition) is 0. The fourth-order valence-electron chi connectivity index (χ4n) is 3.09. The van der Waals surface area contributed by atoms with Crippen molar-refractivity contribution in [3.8, 4) is 17.1 Å². The van der Waals surface area contributed by atoms with E-state index in [2.05, 4.69) is 10.1 Å². The SMILES string of the molecule is Fc1ccc(-c2cnc3ccc(OC4CCCCC4)nn23)cc1. The summed E-state index contributed by atoms with van der Waals surface area (Å²) < 4.78 is 20.9. The van der Waals surface area contributed by atoms with Crippen LogP contribution in [-0.2, 0) is 0 Å². The quantitative estimate of drug-likeness (QED) is 0.726. The molecule has 1 aromatic carbocycles. The van der Waals surface area contributed by atoms with Crippen molar-refractivity contribution in [3.05, 3.63) is 48.4 Å². The molecule has 2 heterocycles. The highest BCUT2D eigenvalue weighted by Crippen LogP contribution is 2.24. The molecule has 0 amide bonds. The lowest BCUT2D eigenvalue weighted by atomic mass is 9.98. The Morgan fingerprint density at radius 1 is 1.00 bits per heavy atom. The van der Waals surface area contributed by atoms with Crippen molar-refractivity contribution in [2.75, 3.05) is 0 Å². The minimum Gasteiger partial charge on any atom is -0.473 e. The Bertz CT molecular complexity index is 807. The zero-order valence-electron chi connectivity index (χ0n) is 12.8. The highest BCUT2D eigenvalue weighted by atomic mass is 19.1. The van der Waals surface area contributed by atoms with Crippen LogP contribution in [0.5, 0.6) is 5.88 Å². The van der Waals surface area contributed by atoms with E-state index in [1.165, 1.54) is 31.4 Å². The molecule has 1 saturated carbocycles. The van der Waals surface area contributed by atoms with Gasteiger partial charge in [-0.3, -0.25) is 0 Å². The molecule has 4 rings (SSSR count). The van der Waals surface area contributed by atoms with Gasteiger partial charge in [-0.2, -0.15) is 0 Å². The third-order valence-electron chi connectivity index (χ3n) is 4.32. The summed E-state index contributed by atoms with van der Waals surface area (Å²) in [4.78, 5) is 4.36. The Balaban J connectivity index is 1.66. The van der Waals surface area contributed by atoms with Crippen molar-refractivity contribution in [3.63, 3.8) is 0 Å². The first-order valence-corrected chi connectivity index (χ1v) is 8.07. The number of nitrogens with zero attached hydrogens (tertiary/aromatic N) is 3. The molecule has 0 saturated heterocycles. The average molecular weight is 311 g/mol. The highest BCUT2D eigenvalue weighted by Gasteiger charge is 2.16. The second-order valence-electron chi connectivity index (χ2n) is 5.97. The molecule has 3 aromatic rings. The molecule has 0 atom stereocenters. The first kappa shape index (κ1) is 14.2. The number of benzene rings is 1. The summed E-state index contributed by atoms with van der Waals surface area (Å²) in [5.41, 5.74) is 2.45. The molecule has 1 aliphatic rings. The first-order chi connectivity index (χ1) is 11.3. The Morgan fingerprint density at radius 2 is 1.78 bits per heavy atom.